The second kappa shape index (κ2) is 4.50. The molecule has 0 radical (unpaired) electrons. The minimum Gasteiger partial charge on any atom is -0.298 e. The summed E-state index contributed by atoms with van der Waals surface area (Å²) in [7, 11) is 0. The first kappa shape index (κ1) is 10.4. The number of carbonyl (C=O) groups excluding carboxylic acids is 1. The van der Waals surface area contributed by atoms with E-state index in [1.165, 1.54) is 6.07 Å². The van der Waals surface area contributed by atoms with Gasteiger partial charge in [-0.25, -0.2) is 0 Å². The fraction of sp³-hybridized carbons (Fsp3) is 0.300. The minimum absolute atomic E-state index is 0.125. The molecule has 0 unspecified atom stereocenters. The molecule has 0 N–H and O–H groups in total. The summed E-state index contributed by atoms with van der Waals surface area (Å²) in [4.78, 5) is 20.5. The Hall–Kier alpha value is -1.71. The van der Waals surface area contributed by atoms with Crippen LogP contribution >= 0.6 is 0 Å². The fourth-order valence-electron chi connectivity index (χ4n) is 1.31. The van der Waals surface area contributed by atoms with Gasteiger partial charge in [0.15, 0.2) is 6.29 Å². The lowest BCUT2D eigenvalue weighted by Crippen LogP contribution is -1.95. The molecule has 1 aromatic carbocycles. The summed E-state index contributed by atoms with van der Waals surface area (Å²) in [5.41, 5.74) is 0.987. The lowest BCUT2D eigenvalue weighted by Gasteiger charge is -2.00. The van der Waals surface area contributed by atoms with Crippen molar-refractivity contribution in [3.8, 4) is 0 Å². The highest BCUT2D eigenvalue weighted by Gasteiger charge is 2.12. The van der Waals surface area contributed by atoms with E-state index in [1.807, 2.05) is 6.92 Å². The van der Waals surface area contributed by atoms with E-state index in [9.17, 15) is 14.9 Å². The van der Waals surface area contributed by atoms with Crippen LogP contribution < -0.4 is 0 Å². The number of aldehydes is 1. The molecule has 0 fully saturated rings. The van der Waals surface area contributed by atoms with Crippen LogP contribution in [0.2, 0.25) is 0 Å². The van der Waals surface area contributed by atoms with Crippen LogP contribution in [-0.4, -0.2) is 11.2 Å². The zero-order chi connectivity index (χ0) is 10.6. The monoisotopic (exact) mass is 193 g/mol. The van der Waals surface area contributed by atoms with Gasteiger partial charge in [-0.3, -0.25) is 14.9 Å². The first-order chi connectivity index (χ1) is 6.69. The van der Waals surface area contributed by atoms with E-state index in [-0.39, 0.29) is 11.3 Å². The zero-order valence-electron chi connectivity index (χ0n) is 7.90. The number of nitrogens with zero attached hydrogens (tertiary/aromatic N) is 1. The summed E-state index contributed by atoms with van der Waals surface area (Å²) in [6.07, 6.45) is 2.31. The number of carbonyl (C=O) groups is 1. The van der Waals surface area contributed by atoms with Gasteiger partial charge in [-0.1, -0.05) is 19.4 Å². The van der Waals surface area contributed by atoms with Gasteiger partial charge in [0.1, 0.15) is 0 Å². The molecule has 4 heteroatoms. The molecule has 1 rings (SSSR count). The van der Waals surface area contributed by atoms with Gasteiger partial charge in [-0.05, 0) is 18.1 Å². The Morgan fingerprint density at radius 2 is 2.21 bits per heavy atom. The SMILES string of the molecule is CCCc1ccc([N+](=O)[O-])c(C=O)c1. The van der Waals surface area contributed by atoms with Crippen molar-refractivity contribution in [2.75, 3.05) is 0 Å². The van der Waals surface area contributed by atoms with Crippen LogP contribution in [-0.2, 0) is 6.42 Å². The minimum atomic E-state index is -0.542. The van der Waals surface area contributed by atoms with Crippen molar-refractivity contribution in [3.63, 3.8) is 0 Å². The molecule has 0 atom stereocenters. The molecular weight excluding hydrogens is 182 g/mol. The van der Waals surface area contributed by atoms with Crippen molar-refractivity contribution in [3.05, 3.63) is 39.4 Å². The number of benzene rings is 1. The topological polar surface area (TPSA) is 60.2 Å². The zero-order valence-corrected chi connectivity index (χ0v) is 7.90. The third-order valence-corrected chi connectivity index (χ3v) is 1.95. The van der Waals surface area contributed by atoms with Crippen LogP contribution in [0.1, 0.15) is 29.3 Å². The molecule has 0 spiro atoms. The molecule has 0 saturated carbocycles. The highest BCUT2D eigenvalue weighted by Crippen LogP contribution is 2.18. The maximum absolute atomic E-state index is 10.6. The maximum atomic E-state index is 10.6. The van der Waals surface area contributed by atoms with E-state index in [0.29, 0.717) is 6.29 Å². The van der Waals surface area contributed by atoms with Gasteiger partial charge in [0.05, 0.1) is 10.5 Å². The van der Waals surface area contributed by atoms with E-state index in [4.69, 9.17) is 0 Å². The van der Waals surface area contributed by atoms with Crippen LogP contribution in [0.25, 0.3) is 0 Å². The van der Waals surface area contributed by atoms with Crippen molar-refractivity contribution in [2.24, 2.45) is 0 Å². The van der Waals surface area contributed by atoms with E-state index >= 15 is 0 Å². The molecule has 4 nitrogen and oxygen atoms in total. The third kappa shape index (κ3) is 2.16. The summed E-state index contributed by atoms with van der Waals surface area (Å²) in [5, 5.41) is 10.5. The Morgan fingerprint density at radius 3 is 2.71 bits per heavy atom. The van der Waals surface area contributed by atoms with Crippen LogP contribution in [0.3, 0.4) is 0 Å². The summed E-state index contributed by atoms with van der Waals surface area (Å²) < 4.78 is 0. The normalized spacial score (nSPS) is 9.79. The predicted molar refractivity (Wildman–Crippen MR) is 52.5 cm³/mol. The largest absolute Gasteiger partial charge is 0.298 e. The molecule has 0 aromatic heterocycles. The number of rotatable bonds is 4. The summed E-state index contributed by atoms with van der Waals surface area (Å²) >= 11 is 0. The smallest absolute Gasteiger partial charge is 0.279 e. The van der Waals surface area contributed by atoms with Crippen LogP contribution in [0.15, 0.2) is 18.2 Å². The standard InChI is InChI=1S/C10H11NO3/c1-2-3-8-4-5-10(11(13)14)9(6-8)7-12/h4-7H,2-3H2,1H3. The van der Waals surface area contributed by atoms with Crippen molar-refractivity contribution < 1.29 is 9.72 Å². The van der Waals surface area contributed by atoms with Gasteiger partial charge in [0.2, 0.25) is 0 Å². The van der Waals surface area contributed by atoms with E-state index in [0.717, 1.165) is 18.4 Å². The Kier molecular flexibility index (Phi) is 3.34. The van der Waals surface area contributed by atoms with Crippen molar-refractivity contribution in [1.29, 1.82) is 0 Å². The fourth-order valence-corrected chi connectivity index (χ4v) is 1.31. The second-order valence-corrected chi connectivity index (χ2v) is 3.02. The number of nitro benzene ring substituents is 1. The molecule has 74 valence electrons. The Balaban J connectivity index is 3.11. The van der Waals surface area contributed by atoms with Gasteiger partial charge < -0.3 is 0 Å². The number of nitro groups is 1. The summed E-state index contributed by atoms with van der Waals surface area (Å²) in [6.45, 7) is 2.02. The van der Waals surface area contributed by atoms with Crippen molar-refractivity contribution in [2.45, 2.75) is 19.8 Å². The second-order valence-electron chi connectivity index (χ2n) is 3.02. The molecule has 0 aliphatic heterocycles. The molecule has 0 aliphatic carbocycles. The lowest BCUT2D eigenvalue weighted by molar-refractivity contribution is -0.385. The maximum Gasteiger partial charge on any atom is 0.279 e. The third-order valence-electron chi connectivity index (χ3n) is 1.95. The Labute approximate surface area is 81.7 Å². The molecule has 0 bridgehead atoms. The highest BCUT2D eigenvalue weighted by molar-refractivity contribution is 5.81. The van der Waals surface area contributed by atoms with E-state index < -0.39 is 4.92 Å². The molecule has 1 aromatic rings. The van der Waals surface area contributed by atoms with E-state index in [1.54, 1.807) is 12.1 Å². The van der Waals surface area contributed by atoms with Gasteiger partial charge in [0, 0.05) is 6.07 Å². The Morgan fingerprint density at radius 1 is 1.50 bits per heavy atom. The van der Waals surface area contributed by atoms with Crippen LogP contribution in [0.5, 0.6) is 0 Å². The average Bonchev–Trinajstić information content (AvgIpc) is 2.17. The predicted octanol–water partition coefficient (Wildman–Crippen LogP) is 2.36. The van der Waals surface area contributed by atoms with Gasteiger partial charge in [-0.15, -0.1) is 0 Å². The van der Waals surface area contributed by atoms with Gasteiger partial charge in [0.25, 0.3) is 5.69 Å². The Bertz CT molecular complexity index is 360. The van der Waals surface area contributed by atoms with Crippen molar-refractivity contribution >= 4 is 12.0 Å². The molecule has 14 heavy (non-hydrogen) atoms. The molecule has 0 aliphatic rings. The number of aryl methyl sites for hydroxylation is 1. The number of hydrogen-bond acceptors (Lipinski definition) is 3. The quantitative estimate of drug-likeness (QED) is 0.419. The molecular formula is C10H11NO3. The summed E-state index contributed by atoms with van der Waals surface area (Å²) in [5.74, 6) is 0. The lowest BCUT2D eigenvalue weighted by atomic mass is 10.1. The molecule has 0 amide bonds. The van der Waals surface area contributed by atoms with Crippen LogP contribution in [0.4, 0.5) is 5.69 Å². The first-order valence-electron chi connectivity index (χ1n) is 4.41. The van der Waals surface area contributed by atoms with Crippen molar-refractivity contribution in [1.82, 2.24) is 0 Å². The number of hydrogen-bond donors (Lipinski definition) is 0. The van der Waals surface area contributed by atoms with E-state index in [2.05, 4.69) is 0 Å². The molecule has 0 heterocycles. The summed E-state index contributed by atoms with van der Waals surface area (Å²) in [6, 6.07) is 4.65. The van der Waals surface area contributed by atoms with Crippen LogP contribution in [0, 0.1) is 10.1 Å². The average molecular weight is 193 g/mol. The van der Waals surface area contributed by atoms with Gasteiger partial charge >= 0.3 is 0 Å². The molecule has 0 saturated heterocycles. The first-order valence-corrected chi connectivity index (χ1v) is 4.41. The van der Waals surface area contributed by atoms with Gasteiger partial charge in [-0.2, -0.15) is 0 Å². The highest BCUT2D eigenvalue weighted by atomic mass is 16.6.